The first-order chi connectivity index (χ1) is 17.6. The number of ether oxygens (including phenoxy) is 1. The maximum absolute atomic E-state index is 6.29. The first-order valence-corrected chi connectivity index (χ1v) is 13.9. The van der Waals surface area contributed by atoms with Crippen molar-refractivity contribution in [1.29, 1.82) is 0 Å². The minimum atomic E-state index is 0. The highest BCUT2D eigenvalue weighted by Gasteiger charge is 2.20. The van der Waals surface area contributed by atoms with E-state index in [-0.39, 0.29) is 24.8 Å². The van der Waals surface area contributed by atoms with Crippen LogP contribution < -0.4 is 4.74 Å². The zero-order chi connectivity index (χ0) is 24.7. The topological polar surface area (TPSA) is 15.7 Å². The van der Waals surface area contributed by atoms with E-state index in [0.29, 0.717) is 0 Å². The van der Waals surface area contributed by atoms with E-state index in [1.807, 2.05) is 0 Å². The summed E-state index contributed by atoms with van der Waals surface area (Å²) in [7, 11) is 0. The van der Waals surface area contributed by atoms with Gasteiger partial charge in [-0.2, -0.15) is 0 Å². The summed E-state index contributed by atoms with van der Waals surface area (Å²) in [6.45, 7) is 11.8. The summed E-state index contributed by atoms with van der Waals surface area (Å²) >= 11 is 0. The monoisotopic (exact) mass is 554 g/mol. The number of fused-ring (bicyclic) bond motifs is 1. The molecular weight excluding hydrogens is 511 g/mol. The van der Waals surface area contributed by atoms with Gasteiger partial charge in [-0.3, -0.25) is 9.80 Å². The fourth-order valence-corrected chi connectivity index (χ4v) is 5.83. The van der Waals surface area contributed by atoms with Gasteiger partial charge in [0.15, 0.2) is 0 Å². The van der Waals surface area contributed by atoms with E-state index in [1.54, 1.807) is 0 Å². The highest BCUT2D eigenvalue weighted by molar-refractivity contribution is 5.85. The second kappa shape index (κ2) is 14.9. The molecule has 206 valence electrons. The number of halogens is 2. The Kier molecular flexibility index (Phi) is 12.0. The maximum atomic E-state index is 6.29. The van der Waals surface area contributed by atoms with Crippen LogP contribution >= 0.6 is 24.8 Å². The summed E-state index contributed by atoms with van der Waals surface area (Å²) in [5.74, 6) is 1.83. The Balaban J connectivity index is 0.00000200. The summed E-state index contributed by atoms with van der Waals surface area (Å²) in [4.78, 5) is 5.20. The molecule has 0 unspecified atom stereocenters. The van der Waals surface area contributed by atoms with Crippen LogP contribution in [0.1, 0.15) is 59.1 Å². The largest absolute Gasteiger partial charge is 0.494 e. The third kappa shape index (κ3) is 8.74. The van der Waals surface area contributed by atoms with Crippen LogP contribution in [0.3, 0.4) is 0 Å². The van der Waals surface area contributed by atoms with Gasteiger partial charge in [0.25, 0.3) is 0 Å². The molecule has 5 heteroatoms. The molecule has 0 radical (unpaired) electrons. The molecule has 1 fully saturated rings. The number of aryl methyl sites for hydroxylation is 3. The third-order valence-electron chi connectivity index (χ3n) is 8.01. The van der Waals surface area contributed by atoms with Gasteiger partial charge in [0.1, 0.15) is 5.75 Å². The first-order valence-electron chi connectivity index (χ1n) is 13.9. The lowest BCUT2D eigenvalue weighted by atomic mass is 9.93. The Bertz CT molecular complexity index is 1130. The summed E-state index contributed by atoms with van der Waals surface area (Å²) in [5, 5.41) is 0. The fourth-order valence-electron chi connectivity index (χ4n) is 5.83. The molecule has 0 atom stereocenters. The van der Waals surface area contributed by atoms with Gasteiger partial charge in [-0.25, -0.2) is 0 Å². The molecule has 0 aliphatic carbocycles. The number of rotatable bonds is 8. The standard InChI is InChI=1S/C33H42N2O.2ClH/c1-26-8-10-29(11-9-26)23-34-18-14-28(15-19-34)16-20-36-33-13-12-31-7-4-17-35(25-32(31)22-33)24-30-6-3-5-27(2)21-30;;/h3,5-6,8-13,21-22,28H,4,7,14-20,23-25H2,1-2H3;2*1H. The number of piperidine rings is 1. The summed E-state index contributed by atoms with van der Waals surface area (Å²) < 4.78 is 6.29. The van der Waals surface area contributed by atoms with E-state index >= 15 is 0 Å². The van der Waals surface area contributed by atoms with Gasteiger partial charge >= 0.3 is 0 Å². The number of nitrogens with zero attached hydrogens (tertiary/aromatic N) is 2. The Morgan fingerprint density at radius 1 is 0.737 bits per heavy atom. The molecule has 2 aliphatic rings. The van der Waals surface area contributed by atoms with Crippen molar-refractivity contribution in [2.75, 3.05) is 26.2 Å². The van der Waals surface area contributed by atoms with Crippen molar-refractivity contribution in [3.63, 3.8) is 0 Å². The van der Waals surface area contributed by atoms with E-state index in [9.17, 15) is 0 Å². The van der Waals surface area contributed by atoms with Gasteiger partial charge < -0.3 is 4.74 Å². The second-order valence-corrected chi connectivity index (χ2v) is 11.1. The van der Waals surface area contributed by atoms with Gasteiger partial charge in [-0.1, -0.05) is 65.7 Å². The molecule has 2 heterocycles. The van der Waals surface area contributed by atoms with Crippen LogP contribution in [0.2, 0.25) is 0 Å². The molecule has 3 aromatic carbocycles. The second-order valence-electron chi connectivity index (χ2n) is 11.1. The predicted molar refractivity (Wildman–Crippen MR) is 164 cm³/mol. The van der Waals surface area contributed by atoms with Crippen molar-refractivity contribution in [2.45, 2.75) is 65.6 Å². The van der Waals surface area contributed by atoms with Gasteiger partial charge in [0.05, 0.1) is 6.61 Å². The highest BCUT2D eigenvalue weighted by Crippen LogP contribution is 2.26. The normalized spacial score (nSPS) is 16.6. The van der Waals surface area contributed by atoms with Crippen molar-refractivity contribution in [3.05, 3.63) is 100 Å². The average Bonchev–Trinajstić information content (AvgIpc) is 3.08. The minimum Gasteiger partial charge on any atom is -0.494 e. The first kappa shape index (κ1) is 30.5. The van der Waals surface area contributed by atoms with Crippen molar-refractivity contribution in [3.8, 4) is 5.75 Å². The number of likely N-dealkylation sites (tertiary alicyclic amines) is 1. The average molecular weight is 556 g/mol. The lowest BCUT2D eigenvalue weighted by Gasteiger charge is -2.32. The number of hydrogen-bond acceptors (Lipinski definition) is 3. The summed E-state index contributed by atoms with van der Waals surface area (Å²) in [5.41, 5.74) is 8.47. The lowest BCUT2D eigenvalue weighted by Crippen LogP contribution is -2.33. The fraction of sp³-hybridized carbons (Fsp3) is 0.455. The lowest BCUT2D eigenvalue weighted by molar-refractivity contribution is 0.157. The quantitative estimate of drug-likeness (QED) is 0.282. The van der Waals surface area contributed by atoms with Gasteiger partial charge in [0, 0.05) is 19.6 Å². The SMILES string of the molecule is Cc1ccc(CN2CCC(CCOc3ccc4c(c3)CN(Cc3cccc(C)c3)CCC4)CC2)cc1.Cl.Cl. The molecule has 0 aromatic heterocycles. The van der Waals surface area contributed by atoms with Crippen LogP contribution in [0.15, 0.2) is 66.7 Å². The molecule has 3 nitrogen and oxygen atoms in total. The molecule has 0 spiro atoms. The molecule has 5 rings (SSSR count). The van der Waals surface area contributed by atoms with Gasteiger partial charge in [0.2, 0.25) is 0 Å². The van der Waals surface area contributed by atoms with E-state index in [2.05, 4.69) is 90.4 Å². The number of benzene rings is 3. The molecule has 1 saturated heterocycles. The maximum Gasteiger partial charge on any atom is 0.119 e. The molecule has 3 aromatic rings. The van der Waals surface area contributed by atoms with E-state index < -0.39 is 0 Å². The zero-order valence-corrected chi connectivity index (χ0v) is 24.7. The number of hydrogen-bond donors (Lipinski definition) is 0. The highest BCUT2D eigenvalue weighted by atomic mass is 35.5. The zero-order valence-electron chi connectivity index (χ0n) is 23.0. The molecule has 38 heavy (non-hydrogen) atoms. The van der Waals surface area contributed by atoms with Gasteiger partial charge in [-0.05, 0) is 106 Å². The van der Waals surface area contributed by atoms with Gasteiger partial charge in [-0.15, -0.1) is 24.8 Å². The molecule has 2 aliphatic heterocycles. The Hall–Kier alpha value is -2.04. The Morgan fingerprint density at radius 3 is 2.26 bits per heavy atom. The molecular formula is C33H44Cl2N2O. The van der Waals surface area contributed by atoms with Crippen LogP contribution in [0.25, 0.3) is 0 Å². The summed E-state index contributed by atoms with van der Waals surface area (Å²) in [6.07, 6.45) is 6.12. The van der Waals surface area contributed by atoms with E-state index in [1.165, 1.54) is 72.2 Å². The minimum absolute atomic E-state index is 0. The predicted octanol–water partition coefficient (Wildman–Crippen LogP) is 7.78. The molecule has 0 saturated carbocycles. The molecule has 0 bridgehead atoms. The van der Waals surface area contributed by atoms with E-state index in [0.717, 1.165) is 50.9 Å². The van der Waals surface area contributed by atoms with Crippen LogP contribution in [0, 0.1) is 19.8 Å². The summed E-state index contributed by atoms with van der Waals surface area (Å²) in [6, 6.07) is 24.7. The van der Waals surface area contributed by atoms with Crippen molar-refractivity contribution < 1.29 is 4.74 Å². The van der Waals surface area contributed by atoms with Crippen LogP contribution in [-0.4, -0.2) is 36.0 Å². The third-order valence-corrected chi connectivity index (χ3v) is 8.01. The Morgan fingerprint density at radius 2 is 1.50 bits per heavy atom. The Labute approximate surface area is 242 Å². The van der Waals surface area contributed by atoms with Crippen molar-refractivity contribution >= 4 is 24.8 Å². The van der Waals surface area contributed by atoms with E-state index in [4.69, 9.17) is 4.74 Å². The van der Waals surface area contributed by atoms with Crippen molar-refractivity contribution in [2.24, 2.45) is 5.92 Å². The van der Waals surface area contributed by atoms with Crippen LogP contribution in [0.4, 0.5) is 0 Å². The van der Waals surface area contributed by atoms with Crippen LogP contribution in [-0.2, 0) is 26.1 Å². The molecule has 0 amide bonds. The van der Waals surface area contributed by atoms with Crippen LogP contribution in [0.5, 0.6) is 5.75 Å². The smallest absolute Gasteiger partial charge is 0.119 e. The molecule has 0 N–H and O–H groups in total. The van der Waals surface area contributed by atoms with Crippen molar-refractivity contribution in [1.82, 2.24) is 9.80 Å².